The summed E-state index contributed by atoms with van der Waals surface area (Å²) in [5, 5.41) is 3.77. The number of rotatable bonds is 5. The third kappa shape index (κ3) is 3.80. The first-order chi connectivity index (χ1) is 9.88. The first-order valence-corrected chi connectivity index (χ1v) is 8.90. The molecular formula is C18H33NO2. The average molecular weight is 295 g/mol. The number of hydrogen-bond donors (Lipinski definition) is 1. The Hall–Kier alpha value is -0.120. The molecular weight excluding hydrogens is 262 g/mol. The van der Waals surface area contributed by atoms with Crippen molar-refractivity contribution in [3.05, 3.63) is 0 Å². The van der Waals surface area contributed by atoms with Crippen molar-refractivity contribution in [2.45, 2.75) is 90.1 Å². The lowest BCUT2D eigenvalue weighted by Gasteiger charge is -2.39. The Morgan fingerprint density at radius 1 is 1.14 bits per heavy atom. The van der Waals surface area contributed by atoms with Crippen LogP contribution in [0, 0.1) is 11.3 Å². The van der Waals surface area contributed by atoms with Crippen LogP contribution in [0.25, 0.3) is 0 Å². The maximum absolute atomic E-state index is 6.20. The molecule has 4 atom stereocenters. The van der Waals surface area contributed by atoms with E-state index in [0.717, 1.165) is 19.1 Å². The van der Waals surface area contributed by atoms with Crippen LogP contribution in [0.4, 0.5) is 0 Å². The average Bonchev–Trinajstić information content (AvgIpc) is 3.03. The molecule has 3 nitrogen and oxygen atoms in total. The molecule has 2 saturated heterocycles. The minimum absolute atomic E-state index is 0.174. The second kappa shape index (κ2) is 5.82. The van der Waals surface area contributed by atoms with Gasteiger partial charge in [-0.1, -0.05) is 0 Å². The minimum Gasteiger partial charge on any atom is -0.377 e. The summed E-state index contributed by atoms with van der Waals surface area (Å²) >= 11 is 0. The van der Waals surface area contributed by atoms with Gasteiger partial charge in [-0.05, 0) is 72.1 Å². The number of hydrogen-bond acceptors (Lipinski definition) is 3. The summed E-state index contributed by atoms with van der Waals surface area (Å²) in [6.07, 6.45) is 8.93. The molecule has 0 spiro atoms. The van der Waals surface area contributed by atoms with Crippen LogP contribution in [0.5, 0.6) is 0 Å². The Kier molecular flexibility index (Phi) is 4.37. The molecule has 1 N–H and O–H groups in total. The van der Waals surface area contributed by atoms with Crippen LogP contribution in [0.15, 0.2) is 0 Å². The van der Waals surface area contributed by atoms with Gasteiger partial charge in [-0.15, -0.1) is 0 Å². The molecule has 0 aromatic carbocycles. The molecule has 2 aliphatic heterocycles. The van der Waals surface area contributed by atoms with E-state index in [2.05, 4.69) is 33.0 Å². The molecule has 0 aromatic heterocycles. The molecule has 1 saturated carbocycles. The van der Waals surface area contributed by atoms with E-state index < -0.39 is 0 Å². The van der Waals surface area contributed by atoms with E-state index >= 15 is 0 Å². The van der Waals surface area contributed by atoms with E-state index in [0.29, 0.717) is 23.7 Å². The first-order valence-electron chi connectivity index (χ1n) is 8.90. The summed E-state index contributed by atoms with van der Waals surface area (Å²) in [4.78, 5) is 0. The highest BCUT2D eigenvalue weighted by Gasteiger charge is 2.52. The number of ether oxygens (including phenoxy) is 2. The van der Waals surface area contributed by atoms with Gasteiger partial charge in [0.1, 0.15) is 0 Å². The molecule has 122 valence electrons. The Labute approximate surface area is 130 Å². The van der Waals surface area contributed by atoms with Gasteiger partial charge in [-0.25, -0.2) is 0 Å². The lowest BCUT2D eigenvalue weighted by atomic mass is 9.73. The Bertz CT molecular complexity index is 361. The van der Waals surface area contributed by atoms with Gasteiger partial charge in [0.2, 0.25) is 0 Å². The highest BCUT2D eigenvalue weighted by atomic mass is 16.5. The fourth-order valence-electron chi connectivity index (χ4n) is 4.15. The lowest BCUT2D eigenvalue weighted by molar-refractivity contribution is -0.0211. The van der Waals surface area contributed by atoms with E-state index in [1.807, 2.05) is 0 Å². The summed E-state index contributed by atoms with van der Waals surface area (Å²) in [7, 11) is 0. The quantitative estimate of drug-likeness (QED) is 0.842. The summed E-state index contributed by atoms with van der Waals surface area (Å²) in [5.74, 6) is 0.813. The van der Waals surface area contributed by atoms with Gasteiger partial charge >= 0.3 is 0 Å². The van der Waals surface area contributed by atoms with Gasteiger partial charge in [-0.2, -0.15) is 0 Å². The summed E-state index contributed by atoms with van der Waals surface area (Å²) in [6.45, 7) is 11.0. The second-order valence-electron chi connectivity index (χ2n) is 8.69. The van der Waals surface area contributed by atoms with Crippen LogP contribution < -0.4 is 5.32 Å². The minimum atomic E-state index is 0.174. The molecule has 3 heteroatoms. The van der Waals surface area contributed by atoms with Gasteiger partial charge in [-0.3, -0.25) is 0 Å². The molecule has 1 aliphatic carbocycles. The molecule has 0 amide bonds. The molecule has 0 radical (unpaired) electrons. The highest BCUT2D eigenvalue weighted by molar-refractivity contribution is 5.02. The van der Waals surface area contributed by atoms with E-state index in [-0.39, 0.29) is 5.54 Å². The normalized spacial score (nSPS) is 40.9. The topological polar surface area (TPSA) is 30.5 Å². The molecule has 2 heterocycles. The van der Waals surface area contributed by atoms with Crippen molar-refractivity contribution in [2.75, 3.05) is 13.2 Å². The van der Waals surface area contributed by atoms with Gasteiger partial charge < -0.3 is 14.8 Å². The zero-order valence-corrected chi connectivity index (χ0v) is 14.3. The van der Waals surface area contributed by atoms with E-state index in [1.54, 1.807) is 0 Å². The van der Waals surface area contributed by atoms with Crippen molar-refractivity contribution in [1.82, 2.24) is 5.32 Å². The fraction of sp³-hybridized carbons (Fsp3) is 1.00. The van der Waals surface area contributed by atoms with Gasteiger partial charge in [0.15, 0.2) is 0 Å². The Balaban J connectivity index is 1.70. The standard InChI is InChI=1S/C18H33NO2/c1-13-5-8-15(21-13)11-18(12-19-17(2,3)4)9-10-20-16(18)14-6-7-14/h13-16,19H,5-12H2,1-4H3. The predicted molar refractivity (Wildman–Crippen MR) is 85.5 cm³/mol. The first kappa shape index (κ1) is 15.8. The molecule has 3 rings (SSSR count). The highest BCUT2D eigenvalue weighted by Crippen LogP contribution is 2.51. The molecule has 21 heavy (non-hydrogen) atoms. The summed E-state index contributed by atoms with van der Waals surface area (Å²) in [6, 6.07) is 0. The predicted octanol–water partition coefficient (Wildman–Crippen LogP) is 3.52. The Morgan fingerprint density at radius 2 is 1.90 bits per heavy atom. The maximum Gasteiger partial charge on any atom is 0.0673 e. The maximum atomic E-state index is 6.20. The van der Waals surface area contributed by atoms with Crippen LogP contribution in [0.1, 0.15) is 66.2 Å². The van der Waals surface area contributed by atoms with Crippen LogP contribution in [-0.2, 0) is 9.47 Å². The van der Waals surface area contributed by atoms with Crippen molar-refractivity contribution < 1.29 is 9.47 Å². The zero-order valence-electron chi connectivity index (χ0n) is 14.3. The third-order valence-electron chi connectivity index (χ3n) is 5.48. The van der Waals surface area contributed by atoms with E-state index in [9.17, 15) is 0 Å². The van der Waals surface area contributed by atoms with Gasteiger partial charge in [0, 0.05) is 24.1 Å². The smallest absolute Gasteiger partial charge is 0.0673 e. The monoisotopic (exact) mass is 295 g/mol. The van der Waals surface area contributed by atoms with Crippen LogP contribution in [0.3, 0.4) is 0 Å². The van der Waals surface area contributed by atoms with E-state index in [1.165, 1.54) is 38.5 Å². The van der Waals surface area contributed by atoms with Crippen molar-refractivity contribution in [3.63, 3.8) is 0 Å². The van der Waals surface area contributed by atoms with E-state index in [4.69, 9.17) is 9.47 Å². The summed E-state index contributed by atoms with van der Waals surface area (Å²) < 4.78 is 12.3. The van der Waals surface area contributed by atoms with Crippen LogP contribution in [-0.4, -0.2) is 37.0 Å². The lowest BCUT2D eigenvalue weighted by Crippen LogP contribution is -2.49. The van der Waals surface area contributed by atoms with Crippen molar-refractivity contribution in [1.29, 1.82) is 0 Å². The van der Waals surface area contributed by atoms with Crippen LogP contribution >= 0.6 is 0 Å². The molecule has 0 bridgehead atoms. The zero-order chi connectivity index (χ0) is 15.1. The molecule has 3 fully saturated rings. The van der Waals surface area contributed by atoms with Crippen LogP contribution in [0.2, 0.25) is 0 Å². The van der Waals surface area contributed by atoms with Crippen molar-refractivity contribution >= 4 is 0 Å². The summed E-state index contributed by atoms with van der Waals surface area (Å²) in [5.41, 5.74) is 0.469. The Morgan fingerprint density at radius 3 is 2.48 bits per heavy atom. The number of nitrogens with one attached hydrogen (secondary N) is 1. The molecule has 0 aromatic rings. The second-order valence-corrected chi connectivity index (χ2v) is 8.69. The van der Waals surface area contributed by atoms with Crippen molar-refractivity contribution in [2.24, 2.45) is 11.3 Å². The SMILES string of the molecule is CC1CCC(CC2(CNC(C)(C)C)CCOC2C2CC2)O1. The van der Waals surface area contributed by atoms with Crippen molar-refractivity contribution in [3.8, 4) is 0 Å². The molecule has 3 aliphatic rings. The largest absolute Gasteiger partial charge is 0.377 e. The van der Waals surface area contributed by atoms with Gasteiger partial charge in [0.05, 0.1) is 18.3 Å². The third-order valence-corrected chi connectivity index (χ3v) is 5.48. The van der Waals surface area contributed by atoms with Gasteiger partial charge in [0.25, 0.3) is 0 Å². The molecule has 4 unspecified atom stereocenters. The fourth-order valence-corrected chi connectivity index (χ4v) is 4.15.